The number of hydrogen-bond acceptors (Lipinski definition) is 2. The van der Waals surface area contributed by atoms with E-state index in [0.717, 1.165) is 6.07 Å². The number of nitriles is 1. The number of benzene rings is 1. The average molecular weight is 366 g/mol. The number of aromatic nitrogens is 1. The molecule has 22 heavy (non-hydrogen) atoms. The number of rotatable bonds is 2. The van der Waals surface area contributed by atoms with Gasteiger partial charge in [-0.3, -0.25) is 4.98 Å². The number of hydrogen-bond donors (Lipinski definition) is 0. The maximum Gasteiger partial charge on any atom is 0.418 e. The standard InChI is InChI=1S/C14H6Cl3F3N2/c15-9-1-2-10(16)13(17)12(9)11-5-7(3-4-21)8(6-22-11)14(18,19)20/h1-2,5-6H,3H2. The molecule has 0 unspecified atom stereocenters. The molecule has 0 aliphatic rings. The summed E-state index contributed by atoms with van der Waals surface area (Å²) in [5, 5.41) is 9.20. The molecule has 1 aromatic carbocycles. The minimum atomic E-state index is -4.60. The van der Waals surface area contributed by atoms with Crippen LogP contribution in [-0.4, -0.2) is 4.98 Å². The Morgan fingerprint density at radius 3 is 2.36 bits per heavy atom. The van der Waals surface area contributed by atoms with Crippen LogP contribution < -0.4 is 0 Å². The first kappa shape index (κ1) is 16.9. The molecule has 1 aromatic heterocycles. The minimum Gasteiger partial charge on any atom is -0.256 e. The van der Waals surface area contributed by atoms with E-state index >= 15 is 0 Å². The van der Waals surface area contributed by atoms with E-state index < -0.39 is 18.2 Å². The van der Waals surface area contributed by atoms with Gasteiger partial charge in [0.1, 0.15) is 0 Å². The number of halogens is 6. The lowest BCUT2D eigenvalue weighted by Crippen LogP contribution is -2.10. The van der Waals surface area contributed by atoms with E-state index in [1.165, 1.54) is 12.1 Å². The van der Waals surface area contributed by atoms with Crippen LogP contribution in [0.15, 0.2) is 24.4 Å². The quantitative estimate of drug-likeness (QED) is 0.631. The highest BCUT2D eigenvalue weighted by Crippen LogP contribution is 2.40. The second kappa shape index (κ2) is 6.33. The van der Waals surface area contributed by atoms with Crippen molar-refractivity contribution in [1.82, 2.24) is 4.98 Å². The van der Waals surface area contributed by atoms with Gasteiger partial charge < -0.3 is 0 Å². The number of pyridine rings is 1. The molecule has 0 aliphatic heterocycles. The molecule has 2 aromatic rings. The van der Waals surface area contributed by atoms with Crippen LogP contribution in [0, 0.1) is 11.3 Å². The molecule has 0 saturated carbocycles. The molecule has 0 amide bonds. The van der Waals surface area contributed by atoms with Crippen LogP contribution in [0.2, 0.25) is 15.1 Å². The van der Waals surface area contributed by atoms with Crippen LogP contribution in [0.3, 0.4) is 0 Å². The zero-order valence-corrected chi connectivity index (χ0v) is 12.9. The first-order valence-electron chi connectivity index (χ1n) is 5.82. The molecule has 114 valence electrons. The van der Waals surface area contributed by atoms with Gasteiger partial charge in [0.2, 0.25) is 0 Å². The Hall–Kier alpha value is -1.48. The summed E-state index contributed by atoms with van der Waals surface area (Å²) in [4.78, 5) is 3.76. The van der Waals surface area contributed by atoms with Crippen molar-refractivity contribution >= 4 is 34.8 Å². The van der Waals surface area contributed by atoms with Gasteiger partial charge in [-0.25, -0.2) is 0 Å². The summed E-state index contributed by atoms with van der Waals surface area (Å²) < 4.78 is 38.7. The van der Waals surface area contributed by atoms with Gasteiger partial charge in [-0.2, -0.15) is 18.4 Å². The molecular formula is C14H6Cl3F3N2. The number of nitrogens with zero attached hydrogens (tertiary/aromatic N) is 2. The van der Waals surface area contributed by atoms with Crippen LogP contribution in [0.4, 0.5) is 13.2 Å². The van der Waals surface area contributed by atoms with Gasteiger partial charge in [0.05, 0.1) is 38.8 Å². The second-order valence-electron chi connectivity index (χ2n) is 4.28. The Kier molecular flexibility index (Phi) is 4.86. The summed E-state index contributed by atoms with van der Waals surface area (Å²) in [5.41, 5.74) is -0.821. The van der Waals surface area contributed by atoms with E-state index in [0.29, 0.717) is 6.20 Å². The maximum absolute atomic E-state index is 12.9. The second-order valence-corrected chi connectivity index (χ2v) is 5.47. The van der Waals surface area contributed by atoms with Crippen LogP contribution in [-0.2, 0) is 12.6 Å². The molecule has 1 heterocycles. The minimum absolute atomic E-state index is 0.0873. The van der Waals surface area contributed by atoms with E-state index in [-0.39, 0.29) is 31.9 Å². The van der Waals surface area contributed by atoms with E-state index in [4.69, 9.17) is 40.1 Å². The van der Waals surface area contributed by atoms with Crippen LogP contribution in [0.25, 0.3) is 11.3 Å². The van der Waals surface area contributed by atoms with Gasteiger partial charge in [0, 0.05) is 11.8 Å². The van der Waals surface area contributed by atoms with Gasteiger partial charge in [-0.05, 0) is 23.8 Å². The molecule has 0 aliphatic carbocycles. The van der Waals surface area contributed by atoms with Crippen molar-refractivity contribution < 1.29 is 13.2 Å². The first-order valence-corrected chi connectivity index (χ1v) is 6.96. The van der Waals surface area contributed by atoms with Crippen molar-refractivity contribution in [2.24, 2.45) is 0 Å². The lowest BCUT2D eigenvalue weighted by atomic mass is 10.0. The van der Waals surface area contributed by atoms with E-state index in [2.05, 4.69) is 4.98 Å². The fraction of sp³-hybridized carbons (Fsp3) is 0.143. The molecule has 0 saturated heterocycles. The predicted molar refractivity (Wildman–Crippen MR) is 79.0 cm³/mol. The Bertz CT molecular complexity index is 767. The monoisotopic (exact) mass is 364 g/mol. The van der Waals surface area contributed by atoms with Crippen LogP contribution >= 0.6 is 34.8 Å². The van der Waals surface area contributed by atoms with Gasteiger partial charge in [0.25, 0.3) is 0 Å². The summed E-state index contributed by atoms with van der Waals surface area (Å²) in [6.45, 7) is 0. The zero-order valence-electron chi connectivity index (χ0n) is 10.7. The third-order valence-corrected chi connectivity index (χ3v) is 3.98. The van der Waals surface area contributed by atoms with E-state index in [1.807, 2.05) is 0 Å². The molecule has 2 nitrogen and oxygen atoms in total. The highest BCUT2D eigenvalue weighted by atomic mass is 35.5. The van der Waals surface area contributed by atoms with Gasteiger partial charge in [-0.15, -0.1) is 0 Å². The van der Waals surface area contributed by atoms with E-state index in [9.17, 15) is 13.2 Å². The average Bonchev–Trinajstić information content (AvgIpc) is 2.43. The fourth-order valence-electron chi connectivity index (χ4n) is 1.88. The molecule has 0 spiro atoms. The SMILES string of the molecule is N#CCc1cc(-c2c(Cl)ccc(Cl)c2Cl)ncc1C(F)(F)F. The molecule has 0 atom stereocenters. The normalized spacial score (nSPS) is 11.3. The van der Waals surface area contributed by atoms with Crippen molar-refractivity contribution in [3.05, 3.63) is 50.6 Å². The summed E-state index contributed by atoms with van der Waals surface area (Å²) in [6, 6.07) is 5.78. The lowest BCUT2D eigenvalue weighted by molar-refractivity contribution is -0.138. The lowest BCUT2D eigenvalue weighted by Gasteiger charge is -2.13. The van der Waals surface area contributed by atoms with Crippen LogP contribution in [0.5, 0.6) is 0 Å². The molecular weight excluding hydrogens is 360 g/mol. The summed E-state index contributed by atoms with van der Waals surface area (Å²) in [5.74, 6) is 0. The fourth-order valence-corrected chi connectivity index (χ4v) is 2.60. The molecule has 0 fully saturated rings. The zero-order chi connectivity index (χ0) is 16.5. The highest BCUT2D eigenvalue weighted by molar-refractivity contribution is 6.46. The van der Waals surface area contributed by atoms with E-state index in [1.54, 1.807) is 6.07 Å². The van der Waals surface area contributed by atoms with Crippen molar-refractivity contribution in [1.29, 1.82) is 5.26 Å². The van der Waals surface area contributed by atoms with Gasteiger partial charge in [-0.1, -0.05) is 34.8 Å². The Balaban J connectivity index is 2.67. The van der Waals surface area contributed by atoms with Crippen molar-refractivity contribution in [3.63, 3.8) is 0 Å². The third-order valence-electron chi connectivity index (χ3n) is 2.86. The Labute approximate surface area is 139 Å². The maximum atomic E-state index is 12.9. The van der Waals surface area contributed by atoms with Crippen molar-refractivity contribution in [2.45, 2.75) is 12.6 Å². The molecule has 0 bridgehead atoms. The Morgan fingerprint density at radius 2 is 1.77 bits per heavy atom. The largest absolute Gasteiger partial charge is 0.418 e. The predicted octanol–water partition coefficient (Wildman–Crippen LogP) is 5.79. The number of alkyl halides is 3. The third kappa shape index (κ3) is 3.30. The Morgan fingerprint density at radius 1 is 1.14 bits per heavy atom. The van der Waals surface area contributed by atoms with Crippen molar-refractivity contribution in [3.8, 4) is 17.3 Å². The highest BCUT2D eigenvalue weighted by Gasteiger charge is 2.34. The summed E-state index contributed by atoms with van der Waals surface area (Å²) in [7, 11) is 0. The molecule has 2 rings (SSSR count). The molecule has 0 radical (unpaired) electrons. The van der Waals surface area contributed by atoms with Gasteiger partial charge >= 0.3 is 6.18 Å². The molecule has 8 heteroatoms. The van der Waals surface area contributed by atoms with Crippen molar-refractivity contribution in [2.75, 3.05) is 0 Å². The smallest absolute Gasteiger partial charge is 0.256 e. The first-order chi connectivity index (χ1) is 10.3. The topological polar surface area (TPSA) is 36.7 Å². The molecule has 0 N–H and O–H groups in total. The van der Waals surface area contributed by atoms with Crippen LogP contribution in [0.1, 0.15) is 11.1 Å². The summed E-state index contributed by atoms with van der Waals surface area (Å²) >= 11 is 18.0. The summed E-state index contributed by atoms with van der Waals surface area (Å²) in [6.07, 6.45) is -4.35. The van der Waals surface area contributed by atoms with Gasteiger partial charge in [0.15, 0.2) is 0 Å².